The normalized spacial score (nSPS) is 6.62. The molecule has 0 aromatic carbocycles. The van der Waals surface area contributed by atoms with Gasteiger partial charge in [-0.05, 0) is 7.05 Å². The van der Waals surface area contributed by atoms with Gasteiger partial charge in [0.2, 0.25) is 0 Å². The lowest BCUT2D eigenvalue weighted by Gasteiger charge is -1.84. The number of carbonyl (C=O) groups is 2. The molecule has 4 heteroatoms. The standard InChI is InChI=1S/C3H7NO2.CH2O/c1-4-2-3(5)6;1-2/h4H,2H2,1H3,(H,5,6);1H2. The zero-order valence-corrected chi connectivity index (χ0v) is 4.68. The van der Waals surface area contributed by atoms with Crippen molar-refractivity contribution in [3.63, 3.8) is 0 Å². The number of carbonyl (C=O) groups excluding carboxylic acids is 1. The van der Waals surface area contributed by atoms with Crippen molar-refractivity contribution in [2.75, 3.05) is 13.6 Å². The van der Waals surface area contributed by atoms with Crippen LogP contribution in [0.25, 0.3) is 0 Å². The van der Waals surface area contributed by atoms with Gasteiger partial charge in [0.15, 0.2) is 0 Å². The zero-order chi connectivity index (χ0) is 6.99. The van der Waals surface area contributed by atoms with Crippen molar-refractivity contribution in [3.05, 3.63) is 0 Å². The number of hydrogen-bond donors (Lipinski definition) is 2. The lowest BCUT2D eigenvalue weighted by Crippen LogP contribution is -2.16. The Hall–Kier alpha value is -0.900. The molecule has 0 aromatic rings. The topological polar surface area (TPSA) is 66.4 Å². The molecule has 0 aromatic heterocycles. The maximum absolute atomic E-state index is 9.54. The van der Waals surface area contributed by atoms with Gasteiger partial charge in [0.05, 0.1) is 6.54 Å². The maximum Gasteiger partial charge on any atom is 0.317 e. The summed E-state index contributed by atoms with van der Waals surface area (Å²) >= 11 is 0. The first-order valence-electron chi connectivity index (χ1n) is 1.92. The Bertz CT molecular complexity index is 64.3. The minimum absolute atomic E-state index is 0.0417. The Labute approximate surface area is 47.5 Å². The fourth-order valence-electron chi connectivity index (χ4n) is 0.151. The van der Waals surface area contributed by atoms with Gasteiger partial charge >= 0.3 is 5.97 Å². The van der Waals surface area contributed by atoms with Gasteiger partial charge in [-0.2, -0.15) is 0 Å². The molecular formula is C4H9NO3. The van der Waals surface area contributed by atoms with Gasteiger partial charge in [-0.3, -0.25) is 4.79 Å². The van der Waals surface area contributed by atoms with Crippen molar-refractivity contribution >= 4 is 12.8 Å². The molecule has 2 N–H and O–H groups in total. The number of aliphatic carboxylic acids is 1. The van der Waals surface area contributed by atoms with Crippen LogP contribution >= 0.6 is 0 Å². The van der Waals surface area contributed by atoms with Crippen LogP contribution in [-0.4, -0.2) is 31.5 Å². The Kier molecular flexibility index (Phi) is 12.0. The van der Waals surface area contributed by atoms with Crippen LogP contribution in [0.15, 0.2) is 0 Å². The molecule has 0 rings (SSSR count). The van der Waals surface area contributed by atoms with E-state index in [0.717, 1.165) is 0 Å². The molecule has 0 aliphatic rings. The zero-order valence-electron chi connectivity index (χ0n) is 4.68. The van der Waals surface area contributed by atoms with Gasteiger partial charge in [0.1, 0.15) is 6.79 Å². The summed E-state index contributed by atoms with van der Waals surface area (Å²) < 4.78 is 0. The number of rotatable bonds is 2. The second-order valence-corrected chi connectivity index (χ2v) is 0.924. The average Bonchev–Trinajstić information content (AvgIpc) is 1.72. The average molecular weight is 119 g/mol. The quantitative estimate of drug-likeness (QED) is 0.494. The third-order valence-electron chi connectivity index (χ3n) is 0.328. The highest BCUT2D eigenvalue weighted by atomic mass is 16.4. The predicted octanol–water partition coefficient (Wildman–Crippen LogP) is -0.895. The molecule has 0 aliphatic carbocycles. The van der Waals surface area contributed by atoms with E-state index in [2.05, 4.69) is 5.32 Å². The summed E-state index contributed by atoms with van der Waals surface area (Å²) in [6.45, 7) is 2.04. The lowest BCUT2D eigenvalue weighted by molar-refractivity contribution is -0.135. The molecule has 0 atom stereocenters. The second kappa shape index (κ2) is 9.44. The molecule has 8 heavy (non-hydrogen) atoms. The first-order chi connectivity index (χ1) is 3.77. The third-order valence-corrected chi connectivity index (χ3v) is 0.328. The van der Waals surface area contributed by atoms with Crippen molar-refractivity contribution in [1.29, 1.82) is 0 Å². The first-order valence-corrected chi connectivity index (χ1v) is 1.92. The van der Waals surface area contributed by atoms with Gasteiger partial charge < -0.3 is 15.2 Å². The lowest BCUT2D eigenvalue weighted by atomic mass is 10.7. The maximum atomic E-state index is 9.54. The Morgan fingerprint density at radius 2 is 2.12 bits per heavy atom. The van der Waals surface area contributed by atoms with Crippen molar-refractivity contribution in [2.24, 2.45) is 0 Å². The SMILES string of the molecule is C=O.CNCC(=O)O. The molecule has 0 fully saturated rings. The Morgan fingerprint density at radius 1 is 1.75 bits per heavy atom. The minimum Gasteiger partial charge on any atom is -0.480 e. The smallest absolute Gasteiger partial charge is 0.317 e. The van der Waals surface area contributed by atoms with Crippen LogP contribution in [0.2, 0.25) is 0 Å². The third kappa shape index (κ3) is 19.4. The molecule has 48 valence electrons. The van der Waals surface area contributed by atoms with Crippen LogP contribution in [0.5, 0.6) is 0 Å². The summed E-state index contributed by atoms with van der Waals surface area (Å²) in [6.07, 6.45) is 0. The summed E-state index contributed by atoms with van der Waals surface area (Å²) in [5.74, 6) is -0.822. The van der Waals surface area contributed by atoms with E-state index in [9.17, 15) is 4.79 Å². The summed E-state index contributed by atoms with van der Waals surface area (Å²) in [6, 6.07) is 0. The van der Waals surface area contributed by atoms with Gasteiger partial charge in [-0.15, -0.1) is 0 Å². The molecular weight excluding hydrogens is 110 g/mol. The molecule has 4 nitrogen and oxygen atoms in total. The highest BCUT2D eigenvalue weighted by molar-refractivity contribution is 5.68. The fourth-order valence-corrected chi connectivity index (χ4v) is 0.151. The number of hydrogen-bond acceptors (Lipinski definition) is 3. The second-order valence-electron chi connectivity index (χ2n) is 0.924. The Morgan fingerprint density at radius 3 is 2.12 bits per heavy atom. The number of nitrogens with one attached hydrogen (secondary N) is 1. The molecule has 0 amide bonds. The van der Waals surface area contributed by atoms with E-state index >= 15 is 0 Å². The van der Waals surface area contributed by atoms with Crippen molar-refractivity contribution in [3.8, 4) is 0 Å². The molecule has 0 unspecified atom stereocenters. The molecule has 0 aliphatic heterocycles. The van der Waals surface area contributed by atoms with E-state index in [1.54, 1.807) is 7.05 Å². The highest BCUT2D eigenvalue weighted by Gasteiger charge is 1.86. The number of carboxylic acids is 1. The summed E-state index contributed by atoms with van der Waals surface area (Å²) in [5, 5.41) is 10.3. The van der Waals surface area contributed by atoms with Crippen molar-refractivity contribution < 1.29 is 14.7 Å². The molecule has 0 heterocycles. The van der Waals surface area contributed by atoms with Gasteiger partial charge in [0, 0.05) is 0 Å². The first kappa shape index (κ1) is 10.2. The van der Waals surface area contributed by atoms with Crippen LogP contribution in [-0.2, 0) is 9.59 Å². The van der Waals surface area contributed by atoms with E-state index in [-0.39, 0.29) is 6.54 Å². The fraction of sp³-hybridized carbons (Fsp3) is 0.500. The van der Waals surface area contributed by atoms with Crippen molar-refractivity contribution in [1.82, 2.24) is 5.32 Å². The van der Waals surface area contributed by atoms with Crippen LogP contribution in [0, 0.1) is 0 Å². The Balaban J connectivity index is 0. The van der Waals surface area contributed by atoms with Crippen LogP contribution < -0.4 is 5.32 Å². The number of likely N-dealkylation sites (N-methyl/N-ethyl adjacent to an activating group) is 1. The van der Waals surface area contributed by atoms with Crippen LogP contribution in [0.1, 0.15) is 0 Å². The summed E-state index contributed by atoms with van der Waals surface area (Å²) in [7, 11) is 1.59. The van der Waals surface area contributed by atoms with Gasteiger partial charge in [0.25, 0.3) is 0 Å². The van der Waals surface area contributed by atoms with Crippen LogP contribution in [0.3, 0.4) is 0 Å². The minimum atomic E-state index is -0.822. The van der Waals surface area contributed by atoms with E-state index in [1.807, 2.05) is 6.79 Å². The molecule has 0 radical (unpaired) electrons. The predicted molar refractivity (Wildman–Crippen MR) is 28.7 cm³/mol. The molecule has 0 saturated heterocycles. The van der Waals surface area contributed by atoms with E-state index in [1.165, 1.54) is 0 Å². The van der Waals surface area contributed by atoms with Crippen LogP contribution in [0.4, 0.5) is 0 Å². The van der Waals surface area contributed by atoms with E-state index < -0.39 is 5.97 Å². The number of carboxylic acid groups (broad SMARTS) is 1. The summed E-state index contributed by atoms with van der Waals surface area (Å²) in [5.41, 5.74) is 0. The van der Waals surface area contributed by atoms with Gasteiger partial charge in [-0.25, -0.2) is 0 Å². The van der Waals surface area contributed by atoms with E-state index in [4.69, 9.17) is 9.90 Å². The molecule has 0 spiro atoms. The largest absolute Gasteiger partial charge is 0.480 e. The van der Waals surface area contributed by atoms with Crippen molar-refractivity contribution in [2.45, 2.75) is 0 Å². The van der Waals surface area contributed by atoms with Gasteiger partial charge in [-0.1, -0.05) is 0 Å². The van der Waals surface area contributed by atoms with E-state index in [0.29, 0.717) is 0 Å². The molecule has 0 bridgehead atoms. The summed E-state index contributed by atoms with van der Waals surface area (Å²) in [4.78, 5) is 17.5. The monoisotopic (exact) mass is 119 g/mol. The molecule has 0 saturated carbocycles. The highest BCUT2D eigenvalue weighted by Crippen LogP contribution is 1.50.